The van der Waals surface area contributed by atoms with Crippen molar-refractivity contribution >= 4 is 56.5 Å². The fourth-order valence-electron chi connectivity index (χ4n) is 5.80. The Kier molecular flexibility index (Phi) is 13.5. The summed E-state index contributed by atoms with van der Waals surface area (Å²) in [5, 5.41) is 3.86. The highest BCUT2D eigenvalue weighted by Gasteiger charge is 2.35. The number of amides is 2. The number of benzene rings is 2. The summed E-state index contributed by atoms with van der Waals surface area (Å²) in [5.74, 6) is -0.191. The fourth-order valence-corrected chi connectivity index (χ4v) is 8.97. The Morgan fingerprint density at radius 2 is 1.69 bits per heavy atom. The molecule has 0 saturated carbocycles. The Labute approximate surface area is 329 Å². The van der Waals surface area contributed by atoms with Gasteiger partial charge in [-0.1, -0.05) is 26.0 Å². The van der Waals surface area contributed by atoms with Crippen LogP contribution in [-0.2, 0) is 38.7 Å². The number of carbonyl (C=O) groups excluding carboxylic acids is 2. The van der Waals surface area contributed by atoms with Crippen molar-refractivity contribution in [1.82, 2.24) is 14.9 Å². The molecule has 0 aliphatic carbocycles. The topological polar surface area (TPSA) is 117 Å². The third kappa shape index (κ3) is 9.95. The molecule has 5 aromatic rings. The Balaban J connectivity index is 0.000000582. The molecular weight excluding hydrogens is 777 g/mol. The minimum atomic E-state index is -4.86. The largest absolute Gasteiger partial charge is 0.490 e. The number of thiazole rings is 1. The summed E-state index contributed by atoms with van der Waals surface area (Å²) in [6.45, 7) is 11.2. The van der Waals surface area contributed by atoms with E-state index in [1.54, 1.807) is 40.7 Å². The first-order chi connectivity index (χ1) is 26.1. The van der Waals surface area contributed by atoms with Gasteiger partial charge in [-0.3, -0.25) is 4.79 Å². The van der Waals surface area contributed by atoms with Crippen molar-refractivity contribution < 1.29 is 41.4 Å². The number of hydrogen-bond acceptors (Lipinski definition) is 10. The monoisotopic (exact) mass is 818 g/mol. The molecule has 2 aliphatic heterocycles. The van der Waals surface area contributed by atoms with Crippen LogP contribution in [0.3, 0.4) is 0 Å². The van der Waals surface area contributed by atoms with Crippen molar-refractivity contribution in [1.29, 1.82) is 0 Å². The van der Waals surface area contributed by atoms with Crippen molar-refractivity contribution in [2.75, 3.05) is 26.9 Å². The summed E-state index contributed by atoms with van der Waals surface area (Å²) in [6.07, 6.45) is -4.56. The highest BCUT2D eigenvalue weighted by Crippen LogP contribution is 2.48. The molecular formula is C39H42F4N4O5S3. The van der Waals surface area contributed by atoms with E-state index >= 15 is 0 Å². The van der Waals surface area contributed by atoms with Crippen LogP contribution < -0.4 is 10.5 Å². The number of nitrogens with two attached hydrogens (primary N) is 1. The number of rotatable bonds is 7. The highest BCUT2D eigenvalue weighted by molar-refractivity contribution is 7.98. The molecule has 3 aromatic heterocycles. The number of halogens is 4. The molecule has 0 radical (unpaired) electrons. The number of alkyl halides is 3. The molecule has 2 aromatic carbocycles. The maximum absolute atomic E-state index is 14.6. The molecule has 2 aliphatic rings. The molecule has 0 spiro atoms. The van der Waals surface area contributed by atoms with Gasteiger partial charge >= 0.3 is 18.2 Å². The predicted molar refractivity (Wildman–Crippen MR) is 211 cm³/mol. The first kappa shape index (κ1) is 41.9. The van der Waals surface area contributed by atoms with Gasteiger partial charge in [0.25, 0.3) is 0 Å². The summed E-state index contributed by atoms with van der Waals surface area (Å²) in [7, 11) is 1.61. The zero-order valence-corrected chi connectivity index (χ0v) is 33.7. The van der Waals surface area contributed by atoms with Crippen LogP contribution in [-0.4, -0.2) is 65.5 Å². The molecule has 2 N–H and O–H groups in total. The lowest BCUT2D eigenvalue weighted by molar-refractivity contribution is -0.169. The molecule has 9 nitrogen and oxygen atoms in total. The van der Waals surface area contributed by atoms with Gasteiger partial charge in [0, 0.05) is 69.3 Å². The number of primary amides is 1. The quantitative estimate of drug-likeness (QED) is 0.127. The van der Waals surface area contributed by atoms with Crippen LogP contribution >= 0.6 is 34.4 Å². The number of nitrogens with zero attached hydrogens (tertiary/aromatic N) is 3. The average molecular weight is 819 g/mol. The van der Waals surface area contributed by atoms with Crippen molar-refractivity contribution in [3.8, 4) is 38.8 Å². The van der Waals surface area contributed by atoms with E-state index in [-0.39, 0.29) is 18.5 Å². The van der Waals surface area contributed by atoms with Crippen LogP contribution in [0.15, 0.2) is 47.8 Å². The summed E-state index contributed by atoms with van der Waals surface area (Å²) in [5.41, 5.74) is 11.2. The minimum Gasteiger partial charge on any atom is -0.490 e. The summed E-state index contributed by atoms with van der Waals surface area (Å²) in [6, 6.07) is 13.4. The normalized spacial score (nSPS) is 13.6. The van der Waals surface area contributed by atoms with Gasteiger partial charge in [-0.05, 0) is 61.5 Å². The lowest BCUT2D eigenvalue weighted by Gasteiger charge is -2.29. The van der Waals surface area contributed by atoms with E-state index in [2.05, 4.69) is 35.4 Å². The van der Waals surface area contributed by atoms with Crippen LogP contribution in [0.5, 0.6) is 5.75 Å². The number of aromatic nitrogens is 2. The number of carbonyl (C=O) groups is 2. The number of thioether (sulfide) groups is 1. The fraction of sp³-hybridized carbons (Fsp3) is 0.385. The number of thiophene rings is 1. The van der Waals surface area contributed by atoms with Gasteiger partial charge in [0.15, 0.2) is 0 Å². The standard InChI is InChI=1S/C35H34FN3O4S3.C2H2F3NO.C2H6/c1-35(2,3)43-34(40)39-11-9-26-28(17-39)46-33(37-26)31-29(24-8-7-23(36)16-27(24)42-13-12-41-4)32-25(10-14-45-32)30(38-31)20-5-6-21-18-44-19-22(21)15-20;3-2(4,5)1(6)7;1-2/h5-8,10,14-16H,9,11-13,17-19H2,1-4H3;(H2,6,7);1-2H3. The molecule has 294 valence electrons. The molecule has 0 fully saturated rings. The van der Waals surface area contributed by atoms with Gasteiger partial charge in [-0.15, -0.1) is 22.7 Å². The van der Waals surface area contributed by atoms with Crippen molar-refractivity contribution in [2.24, 2.45) is 5.73 Å². The van der Waals surface area contributed by atoms with E-state index in [1.807, 2.05) is 46.4 Å². The van der Waals surface area contributed by atoms with Gasteiger partial charge in [0.1, 0.15) is 34.5 Å². The maximum atomic E-state index is 14.6. The summed E-state index contributed by atoms with van der Waals surface area (Å²) >= 11 is 5.10. The van der Waals surface area contributed by atoms with E-state index in [0.717, 1.165) is 59.6 Å². The number of methoxy groups -OCH3 is 1. The molecule has 7 rings (SSSR count). The summed E-state index contributed by atoms with van der Waals surface area (Å²) < 4.78 is 64.7. The van der Waals surface area contributed by atoms with E-state index in [1.165, 1.54) is 23.3 Å². The van der Waals surface area contributed by atoms with Crippen molar-refractivity contribution in [3.63, 3.8) is 0 Å². The molecule has 5 heterocycles. The molecule has 55 heavy (non-hydrogen) atoms. The molecule has 0 bridgehead atoms. The summed E-state index contributed by atoms with van der Waals surface area (Å²) in [4.78, 5) is 35.3. The van der Waals surface area contributed by atoms with Crippen LogP contribution in [0.1, 0.15) is 56.3 Å². The zero-order valence-electron chi connectivity index (χ0n) is 31.3. The second-order valence-corrected chi connectivity index (χ2v) is 16.2. The number of ether oxygens (including phenoxy) is 3. The molecule has 0 atom stereocenters. The van der Waals surface area contributed by atoms with Gasteiger partial charge in [-0.25, -0.2) is 19.2 Å². The average Bonchev–Trinajstić information content (AvgIpc) is 3.91. The zero-order chi connectivity index (χ0) is 40.1. The highest BCUT2D eigenvalue weighted by atomic mass is 32.2. The lowest BCUT2D eigenvalue weighted by atomic mass is 9.97. The molecule has 0 saturated heterocycles. The Hall–Kier alpha value is -4.25. The first-order valence-electron chi connectivity index (χ1n) is 17.5. The van der Waals surface area contributed by atoms with E-state index in [4.69, 9.17) is 29.0 Å². The number of fused-ring (bicyclic) bond motifs is 3. The third-order valence-corrected chi connectivity index (χ3v) is 11.3. The third-order valence-electron chi connectivity index (χ3n) is 8.23. The van der Waals surface area contributed by atoms with E-state index in [0.29, 0.717) is 37.6 Å². The van der Waals surface area contributed by atoms with E-state index < -0.39 is 17.7 Å². The van der Waals surface area contributed by atoms with Crippen LogP contribution in [0, 0.1) is 5.82 Å². The first-order valence-corrected chi connectivity index (χ1v) is 20.3. The Morgan fingerprint density at radius 3 is 2.38 bits per heavy atom. The Morgan fingerprint density at radius 1 is 0.964 bits per heavy atom. The van der Waals surface area contributed by atoms with Crippen LogP contribution in [0.2, 0.25) is 0 Å². The SMILES string of the molecule is CC.COCCOc1cc(F)ccc1-c1c(-c2nc3c(s2)CN(C(=O)OC(C)(C)C)CC3)nc(-c2ccc3c(c2)CSC3)c2ccsc12.NC(=O)C(F)(F)F. The molecule has 0 unspecified atom stereocenters. The van der Waals surface area contributed by atoms with Gasteiger partial charge in [0.05, 0.1) is 24.5 Å². The van der Waals surface area contributed by atoms with Gasteiger partial charge in [-0.2, -0.15) is 24.9 Å². The van der Waals surface area contributed by atoms with Gasteiger partial charge < -0.3 is 24.8 Å². The minimum absolute atomic E-state index is 0.278. The number of pyridine rings is 1. The predicted octanol–water partition coefficient (Wildman–Crippen LogP) is 10.0. The van der Waals surface area contributed by atoms with Gasteiger partial charge in [0.2, 0.25) is 0 Å². The van der Waals surface area contributed by atoms with Crippen LogP contribution in [0.25, 0.3) is 43.2 Å². The van der Waals surface area contributed by atoms with Crippen molar-refractivity contribution in [3.05, 3.63) is 75.4 Å². The second-order valence-electron chi connectivity index (χ2n) is 13.2. The number of hydrogen-bond donors (Lipinski definition) is 1. The molecule has 2 amide bonds. The smallest absolute Gasteiger partial charge is 0.470 e. The Bertz CT molecular complexity index is 2160. The lowest BCUT2D eigenvalue weighted by Crippen LogP contribution is -2.39. The van der Waals surface area contributed by atoms with Crippen LogP contribution in [0.4, 0.5) is 22.4 Å². The second kappa shape index (κ2) is 17.7. The van der Waals surface area contributed by atoms with Crippen molar-refractivity contribution in [2.45, 2.75) is 70.9 Å². The maximum Gasteiger partial charge on any atom is 0.470 e. The molecule has 16 heteroatoms. The van der Waals surface area contributed by atoms with E-state index in [9.17, 15) is 22.4 Å².